The van der Waals surface area contributed by atoms with Crippen LogP contribution in [-0.2, 0) is 4.79 Å². The molecule has 0 saturated carbocycles. The van der Waals surface area contributed by atoms with E-state index in [1.807, 2.05) is 12.1 Å². The third kappa shape index (κ3) is 4.27. The molecule has 2 aromatic carbocycles. The number of nitrogens with one attached hydrogen (secondary N) is 1. The van der Waals surface area contributed by atoms with E-state index in [1.165, 1.54) is 11.3 Å². The molecule has 1 heterocycles. The van der Waals surface area contributed by atoms with Gasteiger partial charge in [-0.25, -0.2) is 0 Å². The van der Waals surface area contributed by atoms with Crippen molar-refractivity contribution in [3.8, 4) is 11.8 Å². The monoisotopic (exact) mass is 389 g/mol. The number of ether oxygens (including phenoxy) is 1. The fourth-order valence-corrected chi connectivity index (χ4v) is 3.90. The van der Waals surface area contributed by atoms with Crippen LogP contribution in [0.5, 0.6) is 5.75 Å². The summed E-state index contributed by atoms with van der Waals surface area (Å²) in [7, 11) is 3.68. The fourth-order valence-electron chi connectivity index (χ4n) is 3.90. The van der Waals surface area contributed by atoms with Gasteiger partial charge in [0, 0.05) is 30.0 Å². The van der Waals surface area contributed by atoms with Crippen molar-refractivity contribution in [3.63, 3.8) is 0 Å². The van der Waals surface area contributed by atoms with Crippen LogP contribution < -0.4 is 15.0 Å². The summed E-state index contributed by atoms with van der Waals surface area (Å²) in [6, 6.07) is 15.2. The molecule has 3 rings (SSSR count). The summed E-state index contributed by atoms with van der Waals surface area (Å²) >= 11 is 0. The Kier molecular flexibility index (Phi) is 5.65. The zero-order valence-electron chi connectivity index (χ0n) is 17.6. The minimum absolute atomic E-state index is 0.0601. The number of anilines is 2. The average molecular weight is 389 g/mol. The molecule has 0 saturated heterocycles. The Morgan fingerprint density at radius 1 is 1.31 bits per heavy atom. The van der Waals surface area contributed by atoms with Crippen LogP contribution in [0.2, 0.25) is 0 Å². The zero-order chi connectivity index (χ0) is 21.2. The summed E-state index contributed by atoms with van der Waals surface area (Å²) in [6.07, 6.45) is 2.69. The average Bonchev–Trinajstić information content (AvgIpc) is 2.70. The molecule has 1 amide bonds. The number of nitriles is 1. The summed E-state index contributed by atoms with van der Waals surface area (Å²) < 4.78 is 5.17. The number of benzene rings is 2. The molecule has 0 aromatic heterocycles. The van der Waals surface area contributed by atoms with Gasteiger partial charge in [0.15, 0.2) is 0 Å². The first-order chi connectivity index (χ1) is 13.7. The van der Waals surface area contributed by atoms with Crippen molar-refractivity contribution >= 4 is 23.4 Å². The largest absolute Gasteiger partial charge is 0.497 e. The van der Waals surface area contributed by atoms with Gasteiger partial charge in [0.25, 0.3) is 5.91 Å². The minimum atomic E-state index is -0.440. The Hall–Kier alpha value is -3.26. The lowest BCUT2D eigenvalue weighted by molar-refractivity contribution is -0.112. The number of carbonyl (C=O) groups excluding carboxylic acids is 1. The topological polar surface area (TPSA) is 65.4 Å². The van der Waals surface area contributed by atoms with E-state index in [2.05, 4.69) is 50.2 Å². The first-order valence-corrected chi connectivity index (χ1v) is 9.70. The van der Waals surface area contributed by atoms with Crippen LogP contribution in [0.25, 0.3) is 6.08 Å². The highest BCUT2D eigenvalue weighted by molar-refractivity contribution is 6.09. The predicted molar refractivity (Wildman–Crippen MR) is 117 cm³/mol. The first-order valence-electron chi connectivity index (χ1n) is 9.70. The van der Waals surface area contributed by atoms with Crippen LogP contribution in [0.15, 0.2) is 48.0 Å². The van der Waals surface area contributed by atoms with Gasteiger partial charge < -0.3 is 15.0 Å². The number of fused-ring (bicyclic) bond motifs is 1. The number of rotatable bonds is 4. The molecule has 0 fully saturated rings. The van der Waals surface area contributed by atoms with E-state index in [1.54, 1.807) is 37.5 Å². The molecule has 29 heavy (non-hydrogen) atoms. The van der Waals surface area contributed by atoms with Gasteiger partial charge in [0.2, 0.25) is 0 Å². The second kappa shape index (κ2) is 8.00. The summed E-state index contributed by atoms with van der Waals surface area (Å²) in [6.45, 7) is 6.72. The van der Waals surface area contributed by atoms with Crippen molar-refractivity contribution in [2.45, 2.75) is 38.6 Å². The van der Waals surface area contributed by atoms with E-state index >= 15 is 0 Å². The van der Waals surface area contributed by atoms with E-state index in [9.17, 15) is 10.1 Å². The highest BCUT2D eigenvalue weighted by Gasteiger charge is 2.33. The SMILES string of the molecule is COc1cccc(NC(=O)/C(C#N)=C\c2ccc3c(c2)[C@@H](C)CC(C)(C)N3C)c1. The van der Waals surface area contributed by atoms with Gasteiger partial charge >= 0.3 is 0 Å². The van der Waals surface area contributed by atoms with Gasteiger partial charge in [-0.05, 0) is 67.7 Å². The molecule has 0 bridgehead atoms. The van der Waals surface area contributed by atoms with Gasteiger partial charge in [-0.3, -0.25) is 4.79 Å². The Balaban J connectivity index is 1.87. The van der Waals surface area contributed by atoms with Crippen molar-refractivity contribution in [2.75, 3.05) is 24.4 Å². The number of methoxy groups -OCH3 is 1. The van der Waals surface area contributed by atoms with Crippen LogP contribution >= 0.6 is 0 Å². The molecule has 0 unspecified atom stereocenters. The molecular formula is C24H27N3O2. The fraction of sp³-hybridized carbons (Fsp3) is 0.333. The molecule has 1 aliphatic rings. The number of hydrogen-bond donors (Lipinski definition) is 1. The summed E-state index contributed by atoms with van der Waals surface area (Å²) in [4.78, 5) is 14.9. The third-order valence-electron chi connectivity index (χ3n) is 5.66. The van der Waals surface area contributed by atoms with E-state index in [4.69, 9.17) is 4.74 Å². The molecular weight excluding hydrogens is 362 g/mol. The molecule has 2 aromatic rings. The van der Waals surface area contributed by atoms with Crippen LogP contribution in [0.1, 0.15) is 44.2 Å². The van der Waals surface area contributed by atoms with Gasteiger partial charge in [-0.15, -0.1) is 0 Å². The molecule has 150 valence electrons. The number of carbonyl (C=O) groups is 1. The lowest BCUT2D eigenvalue weighted by Gasteiger charge is -2.45. The Morgan fingerprint density at radius 3 is 2.76 bits per heavy atom. The number of nitrogens with zero attached hydrogens (tertiary/aromatic N) is 2. The standard InChI is InChI=1S/C24H27N3O2/c1-16-14-24(2,3)27(4)22-10-9-17(12-21(16)22)11-18(15-25)23(28)26-19-7-6-8-20(13-19)29-5/h6-13,16H,14H2,1-5H3,(H,26,28)/b18-11-/t16-/m0/s1. The van der Waals surface area contributed by atoms with Gasteiger partial charge in [0.05, 0.1) is 7.11 Å². The van der Waals surface area contributed by atoms with Crippen molar-refractivity contribution in [1.29, 1.82) is 5.26 Å². The highest BCUT2D eigenvalue weighted by atomic mass is 16.5. The third-order valence-corrected chi connectivity index (χ3v) is 5.66. The normalized spacial score (nSPS) is 17.9. The number of hydrogen-bond acceptors (Lipinski definition) is 4. The quantitative estimate of drug-likeness (QED) is 0.593. The minimum Gasteiger partial charge on any atom is -0.497 e. The van der Waals surface area contributed by atoms with Gasteiger partial charge in [0.1, 0.15) is 17.4 Å². The Morgan fingerprint density at radius 2 is 2.07 bits per heavy atom. The summed E-state index contributed by atoms with van der Waals surface area (Å²) in [5.41, 5.74) is 4.03. The summed E-state index contributed by atoms with van der Waals surface area (Å²) in [5, 5.41) is 12.3. The predicted octanol–water partition coefficient (Wildman–Crippen LogP) is 4.96. The molecule has 5 nitrogen and oxygen atoms in total. The Bertz CT molecular complexity index is 1000. The van der Waals surface area contributed by atoms with Crippen LogP contribution in [0.3, 0.4) is 0 Å². The van der Waals surface area contributed by atoms with Crippen LogP contribution in [-0.4, -0.2) is 25.6 Å². The maximum atomic E-state index is 12.6. The van der Waals surface area contributed by atoms with E-state index in [0.717, 1.165) is 12.0 Å². The van der Waals surface area contributed by atoms with Crippen LogP contribution in [0, 0.1) is 11.3 Å². The zero-order valence-corrected chi connectivity index (χ0v) is 17.6. The molecule has 5 heteroatoms. The second-order valence-electron chi connectivity index (χ2n) is 8.15. The smallest absolute Gasteiger partial charge is 0.266 e. The molecule has 1 aliphatic heterocycles. The molecule has 1 N–H and O–H groups in total. The molecule has 0 aliphatic carbocycles. The van der Waals surface area contributed by atoms with Crippen molar-refractivity contribution in [1.82, 2.24) is 0 Å². The molecule has 0 radical (unpaired) electrons. The van der Waals surface area contributed by atoms with Gasteiger partial charge in [-0.1, -0.05) is 19.1 Å². The summed E-state index contributed by atoms with van der Waals surface area (Å²) in [5.74, 6) is 0.603. The van der Waals surface area contributed by atoms with Crippen molar-refractivity contribution < 1.29 is 9.53 Å². The molecule has 1 atom stereocenters. The maximum Gasteiger partial charge on any atom is 0.266 e. The molecule has 0 spiro atoms. The maximum absolute atomic E-state index is 12.6. The first kappa shape index (κ1) is 20.5. The van der Waals surface area contributed by atoms with E-state index in [-0.39, 0.29) is 11.1 Å². The van der Waals surface area contributed by atoms with Gasteiger partial charge in [-0.2, -0.15) is 5.26 Å². The lowest BCUT2D eigenvalue weighted by atomic mass is 9.80. The second-order valence-corrected chi connectivity index (χ2v) is 8.15. The van der Waals surface area contributed by atoms with Crippen molar-refractivity contribution in [3.05, 3.63) is 59.2 Å². The van der Waals surface area contributed by atoms with Crippen LogP contribution in [0.4, 0.5) is 11.4 Å². The Labute approximate surface area is 172 Å². The lowest BCUT2D eigenvalue weighted by Crippen LogP contribution is -2.45. The number of amides is 1. The highest BCUT2D eigenvalue weighted by Crippen LogP contribution is 2.42. The van der Waals surface area contributed by atoms with E-state index in [0.29, 0.717) is 17.4 Å². The van der Waals surface area contributed by atoms with E-state index < -0.39 is 5.91 Å². The van der Waals surface area contributed by atoms with Crippen molar-refractivity contribution in [2.24, 2.45) is 0 Å².